The molecule has 4 rings (SSSR count). The SMILES string of the molecule is Cc1noc(C)c1CC(=O)N1CCCC[C@@H]1c1nc(N)ncc1-c1cccc(Cl)c1. The highest BCUT2D eigenvalue weighted by Gasteiger charge is 2.32. The largest absolute Gasteiger partial charge is 0.368 e. The second-order valence-corrected chi connectivity index (χ2v) is 8.05. The number of likely N-dealkylation sites (tertiary alicyclic amines) is 1. The number of anilines is 1. The maximum Gasteiger partial charge on any atom is 0.227 e. The Morgan fingerprint density at radius 1 is 1.33 bits per heavy atom. The van der Waals surface area contributed by atoms with Gasteiger partial charge in [0, 0.05) is 28.9 Å². The lowest BCUT2D eigenvalue weighted by atomic mass is 9.93. The molecule has 30 heavy (non-hydrogen) atoms. The van der Waals surface area contributed by atoms with Crippen molar-refractivity contribution >= 4 is 23.5 Å². The highest BCUT2D eigenvalue weighted by atomic mass is 35.5. The Morgan fingerprint density at radius 2 is 2.17 bits per heavy atom. The van der Waals surface area contributed by atoms with Gasteiger partial charge in [-0.25, -0.2) is 9.97 Å². The third-order valence-electron chi connectivity index (χ3n) is 5.62. The Balaban J connectivity index is 1.71. The zero-order chi connectivity index (χ0) is 21.3. The van der Waals surface area contributed by atoms with E-state index in [4.69, 9.17) is 21.9 Å². The van der Waals surface area contributed by atoms with E-state index >= 15 is 0 Å². The van der Waals surface area contributed by atoms with Gasteiger partial charge < -0.3 is 15.2 Å². The molecule has 2 N–H and O–H groups in total. The van der Waals surface area contributed by atoms with Crippen molar-refractivity contribution in [2.24, 2.45) is 0 Å². The van der Waals surface area contributed by atoms with Crippen LogP contribution in [0.4, 0.5) is 5.95 Å². The van der Waals surface area contributed by atoms with Gasteiger partial charge in [0.1, 0.15) is 5.76 Å². The maximum absolute atomic E-state index is 13.3. The fourth-order valence-electron chi connectivity index (χ4n) is 4.06. The lowest BCUT2D eigenvalue weighted by molar-refractivity contribution is -0.134. The highest BCUT2D eigenvalue weighted by Crippen LogP contribution is 2.37. The predicted octanol–water partition coefficient (Wildman–Crippen LogP) is 4.28. The molecule has 3 heterocycles. The standard InChI is InChI=1S/C22H24ClN5O2/c1-13-17(14(2)30-27-13)11-20(29)28-9-4-3-8-19(28)21-18(12-25-22(24)26-21)15-6-5-7-16(23)10-15/h5-7,10,12,19H,3-4,8-9,11H2,1-2H3,(H2,24,25,26)/t19-/m1/s1. The van der Waals surface area contributed by atoms with Crippen LogP contribution in [0.5, 0.6) is 0 Å². The Bertz CT molecular complexity index is 1060. The molecule has 1 aliphatic heterocycles. The van der Waals surface area contributed by atoms with Crippen LogP contribution >= 0.6 is 11.6 Å². The average Bonchev–Trinajstić information content (AvgIpc) is 3.05. The lowest BCUT2D eigenvalue weighted by Gasteiger charge is -2.36. The zero-order valence-corrected chi connectivity index (χ0v) is 17.8. The number of hydrogen-bond acceptors (Lipinski definition) is 6. The van der Waals surface area contributed by atoms with Crippen molar-refractivity contribution in [3.63, 3.8) is 0 Å². The van der Waals surface area contributed by atoms with E-state index in [2.05, 4.69) is 15.1 Å². The third-order valence-corrected chi connectivity index (χ3v) is 5.86. The summed E-state index contributed by atoms with van der Waals surface area (Å²) in [6, 6.07) is 7.37. The van der Waals surface area contributed by atoms with E-state index < -0.39 is 0 Å². The summed E-state index contributed by atoms with van der Waals surface area (Å²) in [5, 5.41) is 4.60. The van der Waals surface area contributed by atoms with Gasteiger partial charge in [-0.1, -0.05) is 28.9 Å². The molecule has 0 aliphatic carbocycles. The first-order valence-electron chi connectivity index (χ1n) is 10.0. The predicted molar refractivity (Wildman–Crippen MR) is 115 cm³/mol. The number of amides is 1. The Kier molecular flexibility index (Phi) is 5.72. The van der Waals surface area contributed by atoms with Crippen LogP contribution in [0, 0.1) is 13.8 Å². The number of nitrogens with two attached hydrogens (primary N) is 1. The quantitative estimate of drug-likeness (QED) is 0.669. The number of aryl methyl sites for hydroxylation is 2. The van der Waals surface area contributed by atoms with Gasteiger partial charge in [0.2, 0.25) is 11.9 Å². The van der Waals surface area contributed by atoms with Crippen molar-refractivity contribution in [1.82, 2.24) is 20.0 Å². The van der Waals surface area contributed by atoms with Crippen molar-refractivity contribution < 1.29 is 9.32 Å². The minimum Gasteiger partial charge on any atom is -0.368 e. The number of hydrogen-bond donors (Lipinski definition) is 1. The van der Waals surface area contributed by atoms with E-state index in [-0.39, 0.29) is 24.3 Å². The first kappa shape index (κ1) is 20.3. The second-order valence-electron chi connectivity index (χ2n) is 7.62. The number of aromatic nitrogens is 3. The van der Waals surface area contributed by atoms with Gasteiger partial charge in [0.25, 0.3) is 0 Å². The third kappa shape index (κ3) is 4.03. The summed E-state index contributed by atoms with van der Waals surface area (Å²) < 4.78 is 5.23. The topological polar surface area (TPSA) is 98.1 Å². The number of halogens is 1. The van der Waals surface area contributed by atoms with Gasteiger partial charge >= 0.3 is 0 Å². The molecule has 1 aliphatic rings. The van der Waals surface area contributed by atoms with E-state index in [1.165, 1.54) is 0 Å². The summed E-state index contributed by atoms with van der Waals surface area (Å²) in [6.07, 6.45) is 4.76. The van der Waals surface area contributed by atoms with Gasteiger partial charge in [-0.15, -0.1) is 0 Å². The molecular formula is C22H24ClN5O2. The van der Waals surface area contributed by atoms with Crippen molar-refractivity contribution in [1.29, 1.82) is 0 Å². The van der Waals surface area contributed by atoms with Gasteiger partial charge in [-0.3, -0.25) is 4.79 Å². The molecule has 156 valence electrons. The Hall–Kier alpha value is -2.93. The summed E-state index contributed by atoms with van der Waals surface area (Å²) in [5.74, 6) is 0.906. The van der Waals surface area contributed by atoms with Gasteiger partial charge in [-0.05, 0) is 50.8 Å². The van der Waals surface area contributed by atoms with Crippen molar-refractivity contribution in [2.45, 2.75) is 45.6 Å². The highest BCUT2D eigenvalue weighted by molar-refractivity contribution is 6.30. The molecule has 2 aromatic heterocycles. The number of benzene rings is 1. The van der Waals surface area contributed by atoms with Crippen LogP contribution in [0.15, 0.2) is 35.0 Å². The van der Waals surface area contributed by atoms with Crippen LogP contribution in [0.2, 0.25) is 5.02 Å². The smallest absolute Gasteiger partial charge is 0.227 e. The van der Waals surface area contributed by atoms with Crippen molar-refractivity contribution in [3.05, 3.63) is 58.2 Å². The number of nitrogen functional groups attached to an aromatic ring is 1. The van der Waals surface area contributed by atoms with Crippen LogP contribution in [0.3, 0.4) is 0 Å². The summed E-state index contributed by atoms with van der Waals surface area (Å²) >= 11 is 6.21. The summed E-state index contributed by atoms with van der Waals surface area (Å²) in [5.41, 5.74) is 10.0. The molecule has 0 bridgehead atoms. The Labute approximate surface area is 180 Å². The molecule has 0 spiro atoms. The maximum atomic E-state index is 13.3. The van der Waals surface area contributed by atoms with Crippen LogP contribution in [0.1, 0.15) is 48.0 Å². The molecule has 0 unspecified atom stereocenters. The normalized spacial score (nSPS) is 16.6. The molecule has 1 saturated heterocycles. The Morgan fingerprint density at radius 3 is 2.90 bits per heavy atom. The van der Waals surface area contributed by atoms with E-state index in [1.54, 1.807) is 6.20 Å². The van der Waals surface area contributed by atoms with Crippen molar-refractivity contribution in [3.8, 4) is 11.1 Å². The number of carbonyl (C=O) groups is 1. The van der Waals surface area contributed by atoms with Crippen LogP contribution < -0.4 is 5.73 Å². The second kappa shape index (κ2) is 8.44. The lowest BCUT2D eigenvalue weighted by Crippen LogP contribution is -2.40. The molecule has 1 amide bonds. The fourth-order valence-corrected chi connectivity index (χ4v) is 4.25. The molecule has 0 saturated carbocycles. The van der Waals surface area contributed by atoms with Gasteiger partial charge in [-0.2, -0.15) is 0 Å². The first-order valence-corrected chi connectivity index (χ1v) is 10.4. The summed E-state index contributed by atoms with van der Waals surface area (Å²) in [7, 11) is 0. The molecular weight excluding hydrogens is 402 g/mol. The van der Waals surface area contributed by atoms with Gasteiger partial charge in [0.05, 0.1) is 23.9 Å². The first-order chi connectivity index (χ1) is 14.4. The number of piperidine rings is 1. The van der Waals surface area contributed by atoms with Crippen LogP contribution in [0.25, 0.3) is 11.1 Å². The van der Waals surface area contributed by atoms with Crippen LogP contribution in [-0.4, -0.2) is 32.5 Å². The van der Waals surface area contributed by atoms with E-state index in [1.807, 2.05) is 43.0 Å². The molecule has 7 nitrogen and oxygen atoms in total. The molecule has 8 heteroatoms. The summed E-state index contributed by atoms with van der Waals surface area (Å²) in [4.78, 5) is 24.0. The number of rotatable bonds is 4. The molecule has 1 fully saturated rings. The van der Waals surface area contributed by atoms with Crippen molar-refractivity contribution in [2.75, 3.05) is 12.3 Å². The monoisotopic (exact) mass is 425 g/mol. The molecule has 0 radical (unpaired) electrons. The van der Waals surface area contributed by atoms with Crippen LogP contribution in [-0.2, 0) is 11.2 Å². The zero-order valence-electron chi connectivity index (χ0n) is 17.1. The average molecular weight is 426 g/mol. The van der Waals surface area contributed by atoms with Gasteiger partial charge in [0.15, 0.2) is 0 Å². The molecule has 3 aromatic rings. The summed E-state index contributed by atoms with van der Waals surface area (Å²) in [6.45, 7) is 4.36. The number of nitrogens with zero attached hydrogens (tertiary/aromatic N) is 4. The molecule has 1 aromatic carbocycles. The van der Waals surface area contributed by atoms with E-state index in [9.17, 15) is 4.79 Å². The van der Waals surface area contributed by atoms with E-state index in [0.29, 0.717) is 17.3 Å². The fraction of sp³-hybridized carbons (Fsp3) is 0.364. The van der Waals surface area contributed by atoms with E-state index in [0.717, 1.165) is 47.3 Å². The molecule has 1 atom stereocenters. The minimum absolute atomic E-state index is 0.0309. The minimum atomic E-state index is -0.175. The number of carbonyl (C=O) groups excluding carboxylic acids is 1.